The van der Waals surface area contributed by atoms with Gasteiger partial charge in [0.2, 0.25) is 11.8 Å². The zero-order valence-electron chi connectivity index (χ0n) is 18.4. The number of likely N-dealkylation sites (tertiary alicyclic amines) is 2. The number of aromatic nitrogens is 3. The molecule has 2 amide bonds. The molecule has 2 aromatic heterocycles. The van der Waals surface area contributed by atoms with Gasteiger partial charge in [0, 0.05) is 43.2 Å². The number of aryl methyl sites for hydroxylation is 3. The van der Waals surface area contributed by atoms with Crippen LogP contribution in [0.25, 0.3) is 0 Å². The predicted molar refractivity (Wildman–Crippen MR) is 113 cm³/mol. The van der Waals surface area contributed by atoms with Gasteiger partial charge in [-0.15, -0.1) is 0 Å². The SMILES string of the molecule is Cc1noc(C23CN(C(=O)Cc4c(C)noc4C)CC2CN(C(=O)c2ccccc2)C3)n1. The van der Waals surface area contributed by atoms with Gasteiger partial charge < -0.3 is 18.8 Å². The van der Waals surface area contributed by atoms with E-state index < -0.39 is 5.41 Å². The van der Waals surface area contributed by atoms with Gasteiger partial charge in [0.1, 0.15) is 5.76 Å². The molecular formula is C23H25N5O4. The molecule has 0 spiro atoms. The van der Waals surface area contributed by atoms with Gasteiger partial charge in [-0.1, -0.05) is 28.5 Å². The molecule has 5 rings (SSSR count). The summed E-state index contributed by atoms with van der Waals surface area (Å²) in [4.78, 5) is 34.5. The Morgan fingerprint density at radius 3 is 2.41 bits per heavy atom. The Kier molecular flexibility index (Phi) is 4.83. The normalized spacial score (nSPS) is 22.4. The number of fused-ring (bicyclic) bond motifs is 1. The zero-order chi connectivity index (χ0) is 22.5. The summed E-state index contributed by atoms with van der Waals surface area (Å²) < 4.78 is 10.8. The number of benzene rings is 1. The van der Waals surface area contributed by atoms with Gasteiger partial charge in [-0.25, -0.2) is 0 Å². The van der Waals surface area contributed by atoms with E-state index in [-0.39, 0.29) is 24.2 Å². The minimum Gasteiger partial charge on any atom is -0.361 e. The molecule has 1 aromatic carbocycles. The monoisotopic (exact) mass is 435 g/mol. The van der Waals surface area contributed by atoms with Crippen molar-refractivity contribution in [2.45, 2.75) is 32.6 Å². The Morgan fingerprint density at radius 2 is 1.75 bits per heavy atom. The molecule has 2 aliphatic rings. The highest BCUT2D eigenvalue weighted by atomic mass is 16.5. The van der Waals surface area contributed by atoms with Crippen molar-refractivity contribution in [2.75, 3.05) is 26.2 Å². The first-order valence-corrected chi connectivity index (χ1v) is 10.7. The van der Waals surface area contributed by atoms with E-state index in [9.17, 15) is 9.59 Å². The summed E-state index contributed by atoms with van der Waals surface area (Å²) >= 11 is 0. The molecular weight excluding hydrogens is 410 g/mol. The van der Waals surface area contributed by atoms with Crippen LogP contribution in [0.1, 0.15) is 39.1 Å². The predicted octanol–water partition coefficient (Wildman–Crippen LogP) is 2.08. The van der Waals surface area contributed by atoms with Gasteiger partial charge >= 0.3 is 0 Å². The van der Waals surface area contributed by atoms with Crippen LogP contribution in [0.4, 0.5) is 0 Å². The van der Waals surface area contributed by atoms with Crippen LogP contribution in [0.2, 0.25) is 0 Å². The Labute approximate surface area is 185 Å². The third-order valence-electron chi connectivity index (χ3n) is 6.73. The van der Waals surface area contributed by atoms with Crippen LogP contribution in [0.3, 0.4) is 0 Å². The van der Waals surface area contributed by atoms with E-state index in [0.717, 1.165) is 11.3 Å². The average Bonchev–Trinajstić information content (AvgIpc) is 3.53. The first kappa shape index (κ1) is 20.4. The van der Waals surface area contributed by atoms with Gasteiger partial charge in [-0.2, -0.15) is 4.98 Å². The molecule has 0 bridgehead atoms. The number of hydrogen-bond acceptors (Lipinski definition) is 7. The summed E-state index contributed by atoms with van der Waals surface area (Å²) in [6.45, 7) is 7.36. The Bertz CT molecular complexity index is 1150. The van der Waals surface area contributed by atoms with E-state index in [2.05, 4.69) is 15.3 Å². The van der Waals surface area contributed by atoms with Crippen molar-refractivity contribution < 1.29 is 18.6 Å². The summed E-state index contributed by atoms with van der Waals surface area (Å²) in [5.41, 5.74) is 1.64. The van der Waals surface area contributed by atoms with Crippen LogP contribution < -0.4 is 0 Å². The summed E-state index contributed by atoms with van der Waals surface area (Å²) in [6.07, 6.45) is 0.236. The van der Waals surface area contributed by atoms with Crippen molar-refractivity contribution in [2.24, 2.45) is 5.92 Å². The van der Waals surface area contributed by atoms with Gasteiger partial charge in [-0.3, -0.25) is 9.59 Å². The molecule has 2 saturated heterocycles. The van der Waals surface area contributed by atoms with Gasteiger partial charge in [0.15, 0.2) is 5.82 Å². The lowest BCUT2D eigenvalue weighted by Crippen LogP contribution is -2.41. The quantitative estimate of drug-likeness (QED) is 0.618. The maximum atomic E-state index is 13.2. The second-order valence-corrected chi connectivity index (χ2v) is 8.81. The summed E-state index contributed by atoms with van der Waals surface area (Å²) in [5.74, 6) is 1.70. The molecule has 9 nitrogen and oxygen atoms in total. The van der Waals surface area contributed by atoms with Crippen LogP contribution in [-0.4, -0.2) is 63.1 Å². The van der Waals surface area contributed by atoms with Crippen molar-refractivity contribution in [1.82, 2.24) is 25.1 Å². The highest BCUT2D eigenvalue weighted by Crippen LogP contribution is 2.45. The van der Waals surface area contributed by atoms with E-state index in [1.165, 1.54) is 0 Å². The molecule has 3 aromatic rings. The molecule has 0 N–H and O–H groups in total. The topological polar surface area (TPSA) is 106 Å². The lowest BCUT2D eigenvalue weighted by atomic mass is 9.81. The van der Waals surface area contributed by atoms with Crippen molar-refractivity contribution in [1.29, 1.82) is 0 Å². The number of hydrogen-bond donors (Lipinski definition) is 0. The molecule has 9 heteroatoms. The van der Waals surface area contributed by atoms with Crippen molar-refractivity contribution in [3.63, 3.8) is 0 Å². The Morgan fingerprint density at radius 1 is 1.03 bits per heavy atom. The zero-order valence-corrected chi connectivity index (χ0v) is 18.4. The number of rotatable bonds is 4. The number of carbonyl (C=O) groups is 2. The fourth-order valence-corrected chi connectivity index (χ4v) is 4.99. The van der Waals surface area contributed by atoms with Gasteiger partial charge in [0.05, 0.1) is 17.5 Å². The lowest BCUT2D eigenvalue weighted by molar-refractivity contribution is -0.129. The number of amides is 2. The second kappa shape index (κ2) is 7.58. The van der Waals surface area contributed by atoms with Crippen LogP contribution in [0.15, 0.2) is 39.4 Å². The summed E-state index contributed by atoms with van der Waals surface area (Å²) in [7, 11) is 0. The first-order valence-electron chi connectivity index (χ1n) is 10.7. The highest BCUT2D eigenvalue weighted by molar-refractivity contribution is 5.94. The molecule has 2 fully saturated rings. The fraction of sp³-hybridized carbons (Fsp3) is 0.435. The fourth-order valence-electron chi connectivity index (χ4n) is 4.99. The van der Waals surface area contributed by atoms with E-state index in [1.807, 2.05) is 54.0 Å². The van der Waals surface area contributed by atoms with E-state index in [4.69, 9.17) is 9.05 Å². The molecule has 4 heterocycles. The summed E-state index contributed by atoms with van der Waals surface area (Å²) in [5, 5.41) is 7.94. The Balaban J connectivity index is 1.41. The minimum absolute atomic E-state index is 0.00495. The summed E-state index contributed by atoms with van der Waals surface area (Å²) in [6, 6.07) is 9.24. The maximum absolute atomic E-state index is 13.2. The van der Waals surface area contributed by atoms with Gasteiger partial charge in [-0.05, 0) is 32.9 Å². The number of nitrogens with zero attached hydrogens (tertiary/aromatic N) is 5. The molecule has 2 unspecified atom stereocenters. The molecule has 32 heavy (non-hydrogen) atoms. The standard InChI is InChI=1S/C23H25N5O4/c1-14-19(15(2)31-25-14)9-20(29)27-10-18-11-28(21(30)17-7-5-4-6-8-17)13-23(18,12-27)22-24-16(3)26-32-22/h4-8,18H,9-13H2,1-3H3. The first-order chi connectivity index (χ1) is 15.4. The Hall–Kier alpha value is -3.49. The van der Waals surface area contributed by atoms with Crippen molar-refractivity contribution >= 4 is 11.8 Å². The third-order valence-corrected chi connectivity index (χ3v) is 6.73. The van der Waals surface area contributed by atoms with Crippen LogP contribution in [0.5, 0.6) is 0 Å². The van der Waals surface area contributed by atoms with Crippen LogP contribution in [0, 0.1) is 26.7 Å². The number of carbonyl (C=O) groups excluding carboxylic acids is 2. The molecule has 2 atom stereocenters. The van der Waals surface area contributed by atoms with Crippen LogP contribution in [-0.2, 0) is 16.6 Å². The smallest absolute Gasteiger partial charge is 0.253 e. The van der Waals surface area contributed by atoms with Gasteiger partial charge in [0.25, 0.3) is 5.91 Å². The highest BCUT2D eigenvalue weighted by Gasteiger charge is 2.58. The molecule has 2 aliphatic heterocycles. The largest absolute Gasteiger partial charge is 0.361 e. The van der Waals surface area contributed by atoms with E-state index >= 15 is 0 Å². The molecule has 166 valence electrons. The lowest BCUT2D eigenvalue weighted by Gasteiger charge is -2.26. The second-order valence-electron chi connectivity index (χ2n) is 8.81. The van der Waals surface area contributed by atoms with E-state index in [0.29, 0.717) is 49.2 Å². The molecule has 0 saturated carbocycles. The molecule has 0 aliphatic carbocycles. The van der Waals surface area contributed by atoms with E-state index in [1.54, 1.807) is 6.92 Å². The third kappa shape index (κ3) is 3.28. The average molecular weight is 435 g/mol. The van der Waals surface area contributed by atoms with Crippen LogP contribution >= 0.6 is 0 Å². The maximum Gasteiger partial charge on any atom is 0.253 e. The van der Waals surface area contributed by atoms with Crippen molar-refractivity contribution in [3.8, 4) is 0 Å². The molecule has 0 radical (unpaired) electrons. The minimum atomic E-state index is -0.569. The van der Waals surface area contributed by atoms with Crippen molar-refractivity contribution in [3.05, 3.63) is 64.6 Å².